The average molecular weight is 354 g/mol. The number of methoxy groups -OCH3 is 1. The van der Waals surface area contributed by atoms with Gasteiger partial charge < -0.3 is 23.5 Å². The SMILES string of the molecule is COc1ccc(N2CC(COc3coc4cccnc34)OCC2=O)cc1. The molecule has 7 heteroatoms. The number of hydrogen-bond donors (Lipinski definition) is 0. The molecule has 0 spiro atoms. The van der Waals surface area contributed by atoms with Crippen LogP contribution in [0.5, 0.6) is 11.5 Å². The molecule has 0 radical (unpaired) electrons. The van der Waals surface area contributed by atoms with Gasteiger partial charge in [0.1, 0.15) is 31.3 Å². The van der Waals surface area contributed by atoms with E-state index in [1.54, 1.807) is 24.3 Å². The molecule has 1 aliphatic rings. The van der Waals surface area contributed by atoms with E-state index in [9.17, 15) is 4.79 Å². The van der Waals surface area contributed by atoms with E-state index in [2.05, 4.69) is 4.98 Å². The highest BCUT2D eigenvalue weighted by Crippen LogP contribution is 2.26. The zero-order chi connectivity index (χ0) is 17.9. The predicted octanol–water partition coefficient (Wildman–Crippen LogP) is 2.65. The van der Waals surface area contributed by atoms with Gasteiger partial charge >= 0.3 is 0 Å². The molecule has 1 amide bonds. The first-order chi connectivity index (χ1) is 12.7. The zero-order valence-corrected chi connectivity index (χ0v) is 14.3. The Morgan fingerprint density at radius 1 is 1.27 bits per heavy atom. The summed E-state index contributed by atoms with van der Waals surface area (Å²) in [7, 11) is 1.61. The minimum absolute atomic E-state index is 0.0183. The molecule has 0 N–H and O–H groups in total. The van der Waals surface area contributed by atoms with Crippen LogP contribution in [0.4, 0.5) is 5.69 Å². The molecule has 26 heavy (non-hydrogen) atoms. The van der Waals surface area contributed by atoms with Crippen LogP contribution in [0.1, 0.15) is 0 Å². The fourth-order valence-corrected chi connectivity index (χ4v) is 2.87. The molecule has 3 heterocycles. The molecular weight excluding hydrogens is 336 g/mol. The summed E-state index contributed by atoms with van der Waals surface area (Å²) in [6.45, 7) is 0.726. The highest BCUT2D eigenvalue weighted by Gasteiger charge is 2.28. The van der Waals surface area contributed by atoms with Crippen molar-refractivity contribution >= 4 is 22.7 Å². The number of pyridine rings is 1. The standard InChI is InChI=1S/C19H18N2O5/c1-23-14-6-4-13(5-7-14)21-9-15(24-12-18(21)22)10-25-17-11-26-16-3-2-8-20-19(16)17/h2-8,11,15H,9-10,12H2,1H3. The summed E-state index contributed by atoms with van der Waals surface area (Å²) in [5, 5.41) is 0. The Morgan fingerprint density at radius 2 is 2.12 bits per heavy atom. The number of anilines is 1. The van der Waals surface area contributed by atoms with Crippen molar-refractivity contribution < 1.29 is 23.4 Å². The van der Waals surface area contributed by atoms with Crippen LogP contribution < -0.4 is 14.4 Å². The molecule has 0 bridgehead atoms. The minimum Gasteiger partial charge on any atom is -0.497 e. The highest BCUT2D eigenvalue weighted by atomic mass is 16.5. The van der Waals surface area contributed by atoms with E-state index < -0.39 is 0 Å². The first-order valence-electron chi connectivity index (χ1n) is 8.25. The summed E-state index contributed by atoms with van der Waals surface area (Å²) in [6, 6.07) is 11.0. The number of fused-ring (bicyclic) bond motifs is 1. The lowest BCUT2D eigenvalue weighted by Gasteiger charge is -2.32. The molecule has 1 aliphatic heterocycles. The summed E-state index contributed by atoms with van der Waals surface area (Å²) in [6.07, 6.45) is 2.97. The van der Waals surface area contributed by atoms with Crippen LogP contribution in [0.15, 0.2) is 53.3 Å². The van der Waals surface area contributed by atoms with Crippen LogP contribution in [-0.4, -0.2) is 43.9 Å². The average Bonchev–Trinajstić information content (AvgIpc) is 3.11. The topological polar surface area (TPSA) is 74.0 Å². The van der Waals surface area contributed by atoms with Crippen molar-refractivity contribution in [3.8, 4) is 11.5 Å². The van der Waals surface area contributed by atoms with Crippen molar-refractivity contribution in [3.05, 3.63) is 48.9 Å². The number of nitrogens with zero attached hydrogens (tertiary/aromatic N) is 2. The van der Waals surface area contributed by atoms with Crippen LogP contribution >= 0.6 is 0 Å². The number of rotatable bonds is 5. The van der Waals surface area contributed by atoms with E-state index in [0.717, 1.165) is 11.4 Å². The lowest BCUT2D eigenvalue weighted by Crippen LogP contribution is -2.48. The normalized spacial score (nSPS) is 17.5. The molecule has 7 nitrogen and oxygen atoms in total. The minimum atomic E-state index is -0.247. The maximum atomic E-state index is 12.2. The summed E-state index contributed by atoms with van der Waals surface area (Å²) in [5.74, 6) is 1.23. The van der Waals surface area contributed by atoms with Crippen molar-refractivity contribution in [1.82, 2.24) is 4.98 Å². The van der Waals surface area contributed by atoms with E-state index >= 15 is 0 Å². The van der Waals surface area contributed by atoms with E-state index in [1.807, 2.05) is 30.3 Å². The largest absolute Gasteiger partial charge is 0.497 e. The number of amides is 1. The quantitative estimate of drug-likeness (QED) is 0.701. The second kappa shape index (κ2) is 7.05. The van der Waals surface area contributed by atoms with Crippen LogP contribution in [0.25, 0.3) is 11.1 Å². The number of morpholine rings is 1. The van der Waals surface area contributed by atoms with Crippen molar-refractivity contribution in [2.45, 2.75) is 6.10 Å². The molecule has 4 rings (SSSR count). The van der Waals surface area contributed by atoms with Crippen LogP contribution in [-0.2, 0) is 9.53 Å². The van der Waals surface area contributed by atoms with Gasteiger partial charge in [0.05, 0.1) is 13.7 Å². The summed E-state index contributed by atoms with van der Waals surface area (Å²) >= 11 is 0. The number of furan rings is 1. The van der Waals surface area contributed by atoms with Gasteiger partial charge in [-0.2, -0.15) is 0 Å². The van der Waals surface area contributed by atoms with Gasteiger partial charge in [0.25, 0.3) is 5.91 Å². The van der Waals surface area contributed by atoms with Crippen LogP contribution in [0.3, 0.4) is 0 Å². The fourth-order valence-electron chi connectivity index (χ4n) is 2.87. The third kappa shape index (κ3) is 3.21. The van der Waals surface area contributed by atoms with Crippen LogP contribution in [0.2, 0.25) is 0 Å². The first kappa shape index (κ1) is 16.4. The maximum absolute atomic E-state index is 12.2. The number of hydrogen-bond acceptors (Lipinski definition) is 6. The lowest BCUT2D eigenvalue weighted by molar-refractivity contribution is -0.130. The van der Waals surface area contributed by atoms with Gasteiger partial charge in [-0.1, -0.05) is 0 Å². The van der Waals surface area contributed by atoms with E-state index in [0.29, 0.717) is 30.0 Å². The number of ether oxygens (including phenoxy) is 3. The molecule has 3 aromatic rings. The Labute approximate surface area is 150 Å². The van der Waals surface area contributed by atoms with Gasteiger partial charge in [0.2, 0.25) is 0 Å². The van der Waals surface area contributed by atoms with E-state index in [-0.39, 0.29) is 18.6 Å². The molecule has 0 saturated carbocycles. The Hall–Kier alpha value is -3.06. The molecular formula is C19H18N2O5. The highest BCUT2D eigenvalue weighted by molar-refractivity contribution is 5.95. The molecule has 2 aromatic heterocycles. The molecule has 1 fully saturated rings. The number of benzene rings is 1. The zero-order valence-electron chi connectivity index (χ0n) is 14.3. The van der Waals surface area contributed by atoms with Gasteiger partial charge in [-0.3, -0.25) is 4.79 Å². The summed E-state index contributed by atoms with van der Waals surface area (Å²) in [5.41, 5.74) is 2.15. The third-order valence-corrected chi connectivity index (χ3v) is 4.24. The molecule has 1 atom stereocenters. The Balaban J connectivity index is 1.43. The Kier molecular flexibility index (Phi) is 4.45. The Bertz CT molecular complexity index is 906. The van der Waals surface area contributed by atoms with Crippen molar-refractivity contribution in [1.29, 1.82) is 0 Å². The molecule has 134 valence electrons. The first-order valence-corrected chi connectivity index (χ1v) is 8.25. The third-order valence-electron chi connectivity index (χ3n) is 4.24. The molecule has 0 aliphatic carbocycles. The number of carbonyl (C=O) groups is 1. The summed E-state index contributed by atoms with van der Waals surface area (Å²) in [4.78, 5) is 18.2. The molecule has 1 aromatic carbocycles. The lowest BCUT2D eigenvalue weighted by atomic mass is 10.2. The summed E-state index contributed by atoms with van der Waals surface area (Å²) < 4.78 is 22.0. The van der Waals surface area contributed by atoms with Crippen molar-refractivity contribution in [3.63, 3.8) is 0 Å². The molecule has 1 saturated heterocycles. The van der Waals surface area contributed by atoms with Crippen molar-refractivity contribution in [2.24, 2.45) is 0 Å². The molecule has 1 unspecified atom stereocenters. The number of carbonyl (C=O) groups excluding carboxylic acids is 1. The fraction of sp³-hybridized carbons (Fsp3) is 0.263. The van der Waals surface area contributed by atoms with Crippen LogP contribution in [0, 0.1) is 0 Å². The smallest absolute Gasteiger partial charge is 0.253 e. The monoisotopic (exact) mass is 354 g/mol. The second-order valence-corrected chi connectivity index (χ2v) is 5.90. The Morgan fingerprint density at radius 3 is 2.92 bits per heavy atom. The van der Waals surface area contributed by atoms with Gasteiger partial charge in [-0.15, -0.1) is 0 Å². The van der Waals surface area contributed by atoms with E-state index in [4.69, 9.17) is 18.6 Å². The maximum Gasteiger partial charge on any atom is 0.253 e. The van der Waals surface area contributed by atoms with Crippen molar-refractivity contribution in [2.75, 3.05) is 31.8 Å². The second-order valence-electron chi connectivity index (χ2n) is 5.90. The van der Waals surface area contributed by atoms with Gasteiger partial charge in [-0.05, 0) is 36.4 Å². The van der Waals surface area contributed by atoms with Gasteiger partial charge in [-0.25, -0.2) is 4.98 Å². The van der Waals surface area contributed by atoms with E-state index in [1.165, 1.54) is 6.26 Å². The van der Waals surface area contributed by atoms with Gasteiger partial charge in [0.15, 0.2) is 16.8 Å². The predicted molar refractivity (Wildman–Crippen MR) is 94.6 cm³/mol. The number of aromatic nitrogens is 1. The van der Waals surface area contributed by atoms with Gasteiger partial charge in [0, 0.05) is 11.9 Å².